The molecule has 0 saturated heterocycles. The number of amides is 1. The Morgan fingerprint density at radius 3 is 2.61 bits per heavy atom. The van der Waals surface area contributed by atoms with Gasteiger partial charge in [0.05, 0.1) is 39.7 Å². The van der Waals surface area contributed by atoms with Gasteiger partial charge in [-0.3, -0.25) is 9.59 Å². The summed E-state index contributed by atoms with van der Waals surface area (Å²) in [6, 6.07) is 4.55. The first-order valence-electron chi connectivity index (χ1n) is 8.68. The van der Waals surface area contributed by atoms with Crippen molar-refractivity contribution in [1.29, 1.82) is 0 Å². The van der Waals surface area contributed by atoms with Crippen molar-refractivity contribution in [3.8, 4) is 0 Å². The number of aromatic nitrogens is 1. The van der Waals surface area contributed by atoms with E-state index in [4.69, 9.17) is 5.11 Å². The summed E-state index contributed by atoms with van der Waals surface area (Å²) >= 11 is 1.62. The molecule has 2 heterocycles. The summed E-state index contributed by atoms with van der Waals surface area (Å²) in [4.78, 5) is 29.4. The minimum absolute atomic E-state index is 0.0473. The predicted molar refractivity (Wildman–Crippen MR) is 104 cm³/mol. The summed E-state index contributed by atoms with van der Waals surface area (Å²) < 4.78 is 66.9. The molecule has 4 rings (SSSR count). The quantitative estimate of drug-likeness (QED) is 0.535. The van der Waals surface area contributed by atoms with Crippen LogP contribution >= 0.6 is 23.1 Å². The lowest BCUT2D eigenvalue weighted by atomic mass is 10.1. The minimum Gasteiger partial charge on any atom is -0.481 e. The van der Waals surface area contributed by atoms with Gasteiger partial charge in [0, 0.05) is 17.0 Å². The fraction of sp³-hybridized carbons (Fsp3) is 0.211. The van der Waals surface area contributed by atoms with E-state index < -0.39 is 46.9 Å². The van der Waals surface area contributed by atoms with Crippen molar-refractivity contribution in [3.05, 3.63) is 52.5 Å². The van der Waals surface area contributed by atoms with Gasteiger partial charge in [-0.1, -0.05) is 0 Å². The lowest BCUT2D eigenvalue weighted by Crippen LogP contribution is -2.41. The van der Waals surface area contributed by atoms with Gasteiger partial charge >= 0.3 is 12.1 Å². The average molecular weight is 474 g/mol. The number of halogens is 5. The molecule has 1 N–H and O–H groups in total. The molecule has 0 aliphatic carbocycles. The SMILES string of the molecule is O=C(O)CC1Sc2cc(C(F)(F)F)ccc2N(Cc2nc3cc(F)cc(F)c3s2)C1=O. The van der Waals surface area contributed by atoms with E-state index >= 15 is 0 Å². The molecule has 1 aliphatic heterocycles. The number of alkyl halides is 3. The van der Waals surface area contributed by atoms with Crippen molar-refractivity contribution < 1.29 is 36.6 Å². The maximum absolute atomic E-state index is 14.0. The second kappa shape index (κ2) is 7.75. The minimum atomic E-state index is -4.61. The zero-order chi connectivity index (χ0) is 22.5. The van der Waals surface area contributed by atoms with Crippen molar-refractivity contribution >= 4 is 50.9 Å². The van der Waals surface area contributed by atoms with Crippen LogP contribution in [0.25, 0.3) is 10.2 Å². The number of benzene rings is 2. The first-order valence-corrected chi connectivity index (χ1v) is 10.4. The van der Waals surface area contributed by atoms with E-state index in [1.54, 1.807) is 0 Å². The molecule has 31 heavy (non-hydrogen) atoms. The van der Waals surface area contributed by atoms with Crippen LogP contribution in [-0.4, -0.2) is 27.2 Å². The molecule has 12 heteroatoms. The molecule has 162 valence electrons. The second-order valence-corrected chi connectivity index (χ2v) is 8.98. The highest BCUT2D eigenvalue weighted by molar-refractivity contribution is 8.01. The Kier molecular flexibility index (Phi) is 5.38. The number of hydrogen-bond acceptors (Lipinski definition) is 5. The van der Waals surface area contributed by atoms with Gasteiger partial charge in [-0.05, 0) is 18.2 Å². The largest absolute Gasteiger partial charge is 0.481 e. The van der Waals surface area contributed by atoms with Gasteiger partial charge in [-0.15, -0.1) is 23.1 Å². The summed E-state index contributed by atoms with van der Waals surface area (Å²) in [7, 11) is 0. The maximum Gasteiger partial charge on any atom is 0.416 e. The molecular weight excluding hydrogens is 463 g/mol. The van der Waals surface area contributed by atoms with E-state index in [-0.39, 0.29) is 32.4 Å². The number of aliphatic carboxylic acids is 1. The third-order valence-electron chi connectivity index (χ3n) is 4.50. The van der Waals surface area contributed by atoms with Crippen LogP contribution in [0, 0.1) is 11.6 Å². The topological polar surface area (TPSA) is 70.5 Å². The fourth-order valence-corrected chi connectivity index (χ4v) is 5.36. The van der Waals surface area contributed by atoms with Crippen LogP contribution in [0.5, 0.6) is 0 Å². The average Bonchev–Trinajstić information content (AvgIpc) is 3.06. The number of thioether (sulfide) groups is 1. The molecule has 1 unspecified atom stereocenters. The molecule has 0 saturated carbocycles. The standard InChI is InChI=1S/C19H11F5N2O3S2/c20-9-4-10(21)17-11(5-9)25-15(31-17)7-26-12-2-1-8(19(22,23)24)3-13(12)30-14(18(26)29)6-16(27)28/h1-5,14H,6-7H2,(H,27,28). The molecule has 1 amide bonds. The van der Waals surface area contributed by atoms with Crippen LogP contribution in [0.3, 0.4) is 0 Å². The molecule has 0 bridgehead atoms. The molecule has 2 aromatic carbocycles. The van der Waals surface area contributed by atoms with E-state index in [2.05, 4.69) is 4.98 Å². The summed E-state index contributed by atoms with van der Waals surface area (Å²) in [5.41, 5.74) is -0.721. The number of carbonyl (C=O) groups excluding carboxylic acids is 1. The third kappa shape index (κ3) is 4.22. The number of carbonyl (C=O) groups is 2. The van der Waals surface area contributed by atoms with Crippen molar-refractivity contribution in [2.45, 2.75) is 29.3 Å². The first kappa shape index (κ1) is 21.5. The number of anilines is 1. The highest BCUT2D eigenvalue weighted by Gasteiger charge is 2.38. The third-order valence-corrected chi connectivity index (χ3v) is 6.79. The van der Waals surface area contributed by atoms with E-state index in [1.165, 1.54) is 0 Å². The summed E-state index contributed by atoms with van der Waals surface area (Å²) in [6.07, 6.45) is -5.20. The number of nitrogens with zero attached hydrogens (tertiary/aromatic N) is 2. The zero-order valence-electron chi connectivity index (χ0n) is 15.2. The van der Waals surface area contributed by atoms with Crippen molar-refractivity contribution in [2.24, 2.45) is 0 Å². The molecule has 0 spiro atoms. The smallest absolute Gasteiger partial charge is 0.416 e. The molecule has 0 fully saturated rings. The van der Waals surface area contributed by atoms with Gasteiger partial charge in [0.15, 0.2) is 0 Å². The molecule has 3 aromatic rings. The number of fused-ring (bicyclic) bond motifs is 2. The van der Waals surface area contributed by atoms with Crippen molar-refractivity contribution in [1.82, 2.24) is 4.98 Å². The lowest BCUT2D eigenvalue weighted by Gasteiger charge is -2.33. The van der Waals surface area contributed by atoms with Crippen LogP contribution < -0.4 is 4.90 Å². The van der Waals surface area contributed by atoms with Crippen LogP contribution in [-0.2, 0) is 22.3 Å². The Bertz CT molecular complexity index is 1210. The van der Waals surface area contributed by atoms with Crippen LogP contribution in [0.15, 0.2) is 35.2 Å². The van der Waals surface area contributed by atoms with Gasteiger partial charge in [-0.2, -0.15) is 13.2 Å². The molecule has 5 nitrogen and oxygen atoms in total. The Balaban J connectivity index is 1.76. The molecule has 1 aliphatic rings. The second-order valence-electron chi connectivity index (χ2n) is 6.65. The number of hydrogen-bond donors (Lipinski definition) is 1. The molecule has 0 radical (unpaired) electrons. The zero-order valence-corrected chi connectivity index (χ0v) is 16.9. The normalized spacial score (nSPS) is 16.6. The monoisotopic (exact) mass is 474 g/mol. The Morgan fingerprint density at radius 2 is 1.94 bits per heavy atom. The molecular formula is C19H11F5N2O3S2. The Morgan fingerprint density at radius 1 is 1.19 bits per heavy atom. The van der Waals surface area contributed by atoms with Crippen molar-refractivity contribution in [3.63, 3.8) is 0 Å². The van der Waals surface area contributed by atoms with Gasteiger partial charge in [0.1, 0.15) is 16.6 Å². The summed E-state index contributed by atoms with van der Waals surface area (Å²) in [5, 5.41) is 8.17. The van der Waals surface area contributed by atoms with E-state index in [1.807, 2.05) is 0 Å². The van der Waals surface area contributed by atoms with Crippen LogP contribution in [0.4, 0.5) is 27.6 Å². The van der Waals surface area contributed by atoms with Gasteiger partial charge < -0.3 is 10.0 Å². The van der Waals surface area contributed by atoms with Gasteiger partial charge in [-0.25, -0.2) is 13.8 Å². The Labute approximate surface area is 179 Å². The summed E-state index contributed by atoms with van der Waals surface area (Å²) in [6.45, 7) is -0.228. The first-order chi connectivity index (χ1) is 14.5. The molecule has 1 atom stereocenters. The number of carboxylic acid groups (broad SMARTS) is 1. The van der Waals surface area contributed by atoms with E-state index in [0.717, 1.165) is 52.3 Å². The van der Waals surface area contributed by atoms with E-state index in [9.17, 15) is 31.5 Å². The van der Waals surface area contributed by atoms with E-state index in [0.29, 0.717) is 6.07 Å². The predicted octanol–water partition coefficient (Wildman–Crippen LogP) is 5.08. The van der Waals surface area contributed by atoms with Gasteiger partial charge in [0.2, 0.25) is 5.91 Å². The Hall–Kier alpha value is -2.73. The van der Waals surface area contributed by atoms with Gasteiger partial charge in [0.25, 0.3) is 0 Å². The summed E-state index contributed by atoms with van der Waals surface area (Å²) in [5.74, 6) is -3.54. The highest BCUT2D eigenvalue weighted by atomic mass is 32.2. The maximum atomic E-state index is 14.0. The number of rotatable bonds is 4. The number of carboxylic acids is 1. The lowest BCUT2D eigenvalue weighted by molar-refractivity contribution is -0.139. The fourth-order valence-electron chi connectivity index (χ4n) is 3.16. The molecule has 1 aromatic heterocycles. The number of thiazole rings is 1. The highest BCUT2D eigenvalue weighted by Crippen LogP contribution is 2.44. The van der Waals surface area contributed by atoms with Crippen LogP contribution in [0.1, 0.15) is 17.0 Å². The van der Waals surface area contributed by atoms with Crippen LogP contribution in [0.2, 0.25) is 0 Å². The van der Waals surface area contributed by atoms with Crippen molar-refractivity contribution in [2.75, 3.05) is 4.90 Å².